The molecule has 0 aromatic heterocycles. The van der Waals surface area contributed by atoms with Crippen LogP contribution in [0.15, 0.2) is 53.4 Å². The molecule has 134 valence electrons. The van der Waals surface area contributed by atoms with Crippen LogP contribution in [0.2, 0.25) is 0 Å². The van der Waals surface area contributed by atoms with E-state index < -0.39 is 0 Å². The number of nitrogens with zero attached hydrogens (tertiary/aromatic N) is 1. The number of carbonyl (C=O) groups excluding carboxylic acids is 1. The van der Waals surface area contributed by atoms with Gasteiger partial charge in [0, 0.05) is 10.8 Å². The summed E-state index contributed by atoms with van der Waals surface area (Å²) >= 11 is 1.74. The van der Waals surface area contributed by atoms with Crippen molar-refractivity contribution in [2.24, 2.45) is 5.92 Å². The van der Waals surface area contributed by atoms with Crippen molar-refractivity contribution >= 4 is 17.7 Å². The van der Waals surface area contributed by atoms with Crippen molar-refractivity contribution in [3.05, 3.63) is 54.1 Å². The third kappa shape index (κ3) is 4.11. The third-order valence-electron chi connectivity index (χ3n) is 5.21. The van der Waals surface area contributed by atoms with Crippen molar-refractivity contribution < 1.29 is 4.79 Å². The highest BCUT2D eigenvalue weighted by atomic mass is 32.2. The van der Waals surface area contributed by atoms with Crippen LogP contribution in [0.3, 0.4) is 0 Å². The summed E-state index contributed by atoms with van der Waals surface area (Å²) in [6, 6.07) is 19.1. The molecule has 2 aromatic carbocycles. The molecule has 1 aliphatic carbocycles. The number of hydrogen-bond acceptors (Lipinski definition) is 3. The molecule has 26 heavy (non-hydrogen) atoms. The maximum Gasteiger partial charge on any atom is 0.224 e. The van der Waals surface area contributed by atoms with Gasteiger partial charge < -0.3 is 5.32 Å². The maximum absolute atomic E-state index is 12.6. The van der Waals surface area contributed by atoms with Crippen LogP contribution in [0.4, 0.5) is 0 Å². The number of nitriles is 1. The molecule has 1 unspecified atom stereocenters. The normalized spacial score (nSPS) is 19.5. The Hall–Kier alpha value is -2.25. The summed E-state index contributed by atoms with van der Waals surface area (Å²) in [5.74, 6) is 0.173. The van der Waals surface area contributed by atoms with Crippen molar-refractivity contribution in [1.29, 1.82) is 5.26 Å². The summed E-state index contributed by atoms with van der Waals surface area (Å²) in [7, 11) is 0. The van der Waals surface area contributed by atoms with Gasteiger partial charge in [-0.2, -0.15) is 5.26 Å². The smallest absolute Gasteiger partial charge is 0.224 e. The lowest BCUT2D eigenvalue weighted by Crippen LogP contribution is -2.36. The van der Waals surface area contributed by atoms with Crippen molar-refractivity contribution in [2.45, 2.75) is 36.5 Å². The minimum Gasteiger partial charge on any atom is -0.343 e. The largest absolute Gasteiger partial charge is 0.343 e. The highest BCUT2D eigenvalue weighted by Crippen LogP contribution is 2.42. The predicted octanol–water partition coefficient (Wildman–Crippen LogP) is 4.99. The second-order valence-electron chi connectivity index (χ2n) is 6.69. The second-order valence-corrected chi connectivity index (χ2v) is 7.57. The minimum absolute atomic E-state index is 0.0174. The van der Waals surface area contributed by atoms with E-state index in [4.69, 9.17) is 5.26 Å². The van der Waals surface area contributed by atoms with Gasteiger partial charge in [0.05, 0.1) is 6.07 Å². The lowest BCUT2D eigenvalue weighted by atomic mass is 9.73. The lowest BCUT2D eigenvalue weighted by Gasteiger charge is -2.32. The lowest BCUT2D eigenvalue weighted by molar-refractivity contribution is -0.126. The number of amides is 1. The first-order valence-corrected chi connectivity index (χ1v) is 10.3. The average Bonchev–Trinajstić information content (AvgIpc) is 2.72. The van der Waals surface area contributed by atoms with Crippen LogP contribution >= 0.6 is 11.8 Å². The van der Waals surface area contributed by atoms with Gasteiger partial charge in [-0.25, -0.2) is 0 Å². The van der Waals surface area contributed by atoms with Crippen LogP contribution in [-0.4, -0.2) is 18.7 Å². The predicted molar refractivity (Wildman–Crippen MR) is 107 cm³/mol. The Balaban J connectivity index is 1.94. The van der Waals surface area contributed by atoms with Gasteiger partial charge in [-0.3, -0.25) is 4.79 Å². The van der Waals surface area contributed by atoms with Crippen LogP contribution in [-0.2, 0) is 4.79 Å². The van der Waals surface area contributed by atoms with E-state index in [9.17, 15) is 4.79 Å². The van der Waals surface area contributed by atoms with Gasteiger partial charge in [0.15, 0.2) is 0 Å². The van der Waals surface area contributed by atoms with Crippen molar-refractivity contribution in [2.75, 3.05) is 12.8 Å². The first kappa shape index (κ1) is 18.5. The van der Waals surface area contributed by atoms with Gasteiger partial charge >= 0.3 is 0 Å². The summed E-state index contributed by atoms with van der Waals surface area (Å²) in [6.07, 6.45) is 6.21. The number of nitrogens with one attached hydrogen (secondary N) is 1. The number of rotatable bonds is 5. The maximum atomic E-state index is 12.6. The van der Waals surface area contributed by atoms with E-state index in [1.807, 2.05) is 6.07 Å². The monoisotopic (exact) mass is 364 g/mol. The summed E-state index contributed by atoms with van der Waals surface area (Å²) in [4.78, 5) is 13.9. The van der Waals surface area contributed by atoms with E-state index in [1.165, 1.54) is 21.6 Å². The molecular weight excluding hydrogens is 340 g/mol. The van der Waals surface area contributed by atoms with Crippen LogP contribution in [0.1, 0.15) is 37.2 Å². The fraction of sp³-hybridized carbons (Fsp3) is 0.364. The molecule has 1 amide bonds. The Morgan fingerprint density at radius 2 is 1.88 bits per heavy atom. The Labute approximate surface area is 159 Å². The molecule has 0 spiro atoms. The van der Waals surface area contributed by atoms with Crippen LogP contribution in [0.5, 0.6) is 0 Å². The highest BCUT2D eigenvalue weighted by molar-refractivity contribution is 7.98. The van der Waals surface area contributed by atoms with Gasteiger partial charge in [-0.05, 0) is 53.8 Å². The van der Waals surface area contributed by atoms with Crippen LogP contribution in [0.25, 0.3) is 11.1 Å². The quantitative estimate of drug-likeness (QED) is 0.601. The van der Waals surface area contributed by atoms with E-state index in [0.29, 0.717) is 0 Å². The van der Waals surface area contributed by atoms with Crippen LogP contribution in [0, 0.1) is 17.2 Å². The summed E-state index contributed by atoms with van der Waals surface area (Å²) in [6.45, 7) is 0.0832. The zero-order chi connectivity index (χ0) is 18.4. The zero-order valence-corrected chi connectivity index (χ0v) is 15.9. The molecule has 0 aliphatic heterocycles. The molecule has 1 fully saturated rings. The third-order valence-corrected chi connectivity index (χ3v) is 5.95. The first-order valence-electron chi connectivity index (χ1n) is 9.12. The van der Waals surface area contributed by atoms with Crippen LogP contribution < -0.4 is 5.32 Å². The van der Waals surface area contributed by atoms with E-state index in [0.717, 1.165) is 25.7 Å². The molecular formula is C22H24N2OS. The van der Waals surface area contributed by atoms with Crippen molar-refractivity contribution in [3.8, 4) is 17.2 Å². The molecule has 3 rings (SSSR count). The van der Waals surface area contributed by atoms with E-state index in [2.05, 4.69) is 60.1 Å². The summed E-state index contributed by atoms with van der Waals surface area (Å²) < 4.78 is 0. The number of hydrogen-bond donors (Lipinski definition) is 1. The first-order chi connectivity index (χ1) is 12.7. The Morgan fingerprint density at radius 3 is 2.62 bits per heavy atom. The molecule has 2 aromatic rings. The molecule has 4 heteroatoms. The van der Waals surface area contributed by atoms with Gasteiger partial charge in [0.1, 0.15) is 6.54 Å². The number of thioether (sulfide) groups is 1. The molecule has 1 aliphatic rings. The molecule has 0 saturated heterocycles. The molecule has 0 bridgehead atoms. The summed E-state index contributed by atoms with van der Waals surface area (Å²) in [5, 5.41) is 11.5. The van der Waals surface area contributed by atoms with E-state index >= 15 is 0 Å². The Bertz CT molecular complexity index is 795. The number of carbonyl (C=O) groups is 1. The number of benzene rings is 2. The molecule has 3 nitrogen and oxygen atoms in total. The average molecular weight is 365 g/mol. The van der Waals surface area contributed by atoms with Gasteiger partial charge in [0.25, 0.3) is 0 Å². The molecule has 1 N–H and O–H groups in total. The van der Waals surface area contributed by atoms with E-state index in [-0.39, 0.29) is 24.3 Å². The highest BCUT2D eigenvalue weighted by Gasteiger charge is 2.33. The molecule has 1 saturated carbocycles. The topological polar surface area (TPSA) is 52.9 Å². The minimum atomic E-state index is -0.0521. The standard InChI is InChI=1S/C22H24N2OS/c1-26-17-12-10-16(11-13-17)18-6-2-3-7-19(18)20-8-4-5-9-21(20)22(25)24-15-14-23/h2-3,6-7,10-13,20-21H,4-5,8-9,15H2,1H3,(H,24,25)/t20?,21-/m1/s1. The molecule has 0 radical (unpaired) electrons. The fourth-order valence-corrected chi connectivity index (χ4v) is 4.34. The summed E-state index contributed by atoms with van der Waals surface area (Å²) in [5.41, 5.74) is 3.66. The Kier molecular flexibility index (Phi) is 6.35. The van der Waals surface area contributed by atoms with Gasteiger partial charge in [-0.1, -0.05) is 49.2 Å². The zero-order valence-electron chi connectivity index (χ0n) is 15.1. The van der Waals surface area contributed by atoms with E-state index in [1.54, 1.807) is 11.8 Å². The fourth-order valence-electron chi connectivity index (χ4n) is 3.93. The molecule has 0 heterocycles. The Morgan fingerprint density at radius 1 is 1.15 bits per heavy atom. The molecule has 2 atom stereocenters. The second kappa shape index (κ2) is 8.91. The van der Waals surface area contributed by atoms with Gasteiger partial charge in [0.2, 0.25) is 5.91 Å². The van der Waals surface area contributed by atoms with Gasteiger partial charge in [-0.15, -0.1) is 11.8 Å². The van der Waals surface area contributed by atoms with Crippen molar-refractivity contribution in [1.82, 2.24) is 5.32 Å². The van der Waals surface area contributed by atoms with Crippen molar-refractivity contribution in [3.63, 3.8) is 0 Å². The SMILES string of the molecule is CSc1ccc(-c2ccccc2C2CCCC[C@H]2C(=O)NCC#N)cc1.